The highest BCUT2D eigenvalue weighted by Crippen LogP contribution is 2.40. The van der Waals surface area contributed by atoms with Gasteiger partial charge in [-0.1, -0.05) is 54.9 Å². The molecule has 0 aromatic heterocycles. The Morgan fingerprint density at radius 1 is 1.11 bits per heavy atom. The van der Waals surface area contributed by atoms with Crippen molar-refractivity contribution in [2.75, 3.05) is 13.2 Å². The summed E-state index contributed by atoms with van der Waals surface area (Å²) in [6.07, 6.45) is 4.63. The predicted molar refractivity (Wildman–Crippen MR) is 111 cm³/mol. The molecule has 0 radical (unpaired) electrons. The van der Waals surface area contributed by atoms with E-state index < -0.39 is 0 Å². The predicted octanol–water partition coefficient (Wildman–Crippen LogP) is 5.33. The molecule has 1 amide bonds. The van der Waals surface area contributed by atoms with Crippen LogP contribution in [0.3, 0.4) is 0 Å². The summed E-state index contributed by atoms with van der Waals surface area (Å²) in [6.45, 7) is 15.8. The summed E-state index contributed by atoms with van der Waals surface area (Å²) in [5.74, 6) is 0.313. The van der Waals surface area contributed by atoms with Crippen LogP contribution in [0.5, 0.6) is 5.75 Å². The van der Waals surface area contributed by atoms with E-state index in [4.69, 9.17) is 4.84 Å². The van der Waals surface area contributed by atoms with E-state index in [1.54, 1.807) is 0 Å². The first-order valence-electron chi connectivity index (χ1n) is 9.98. The Morgan fingerprint density at radius 2 is 1.67 bits per heavy atom. The Labute approximate surface area is 164 Å². The standard InChI is InChI=1S/C23H35NO3/c1-8-9-12-27-24-11-10-17(21(24)26)13-16-14-18(22(2,3)4)20(25)19(15-16)23(5,6)7/h13-15,25H,8-12H2,1-7H3. The first-order chi connectivity index (χ1) is 12.4. The minimum atomic E-state index is -0.187. The SMILES string of the molecule is CCCCON1CCC(=Cc2cc(C(C)(C)C)c(O)c(C(C)(C)C)c2)C1=O. The maximum atomic E-state index is 12.6. The van der Waals surface area contributed by atoms with Gasteiger partial charge in [0.1, 0.15) is 5.75 Å². The zero-order valence-corrected chi connectivity index (χ0v) is 18.0. The normalized spacial score (nSPS) is 17.2. The topological polar surface area (TPSA) is 49.8 Å². The number of phenolic OH excluding ortho intramolecular Hbond substituents is 1. The fourth-order valence-corrected chi connectivity index (χ4v) is 3.25. The number of phenols is 1. The first kappa shape index (κ1) is 21.5. The number of rotatable bonds is 5. The average Bonchev–Trinajstić information content (AvgIpc) is 2.87. The summed E-state index contributed by atoms with van der Waals surface area (Å²) < 4.78 is 0. The van der Waals surface area contributed by atoms with Crippen molar-refractivity contribution in [3.8, 4) is 5.75 Å². The van der Waals surface area contributed by atoms with Crippen LogP contribution < -0.4 is 0 Å². The minimum Gasteiger partial charge on any atom is -0.507 e. The molecule has 1 aliphatic heterocycles. The van der Waals surface area contributed by atoms with Gasteiger partial charge in [0.15, 0.2) is 0 Å². The molecular formula is C23H35NO3. The number of carbonyl (C=O) groups is 1. The summed E-state index contributed by atoms with van der Waals surface area (Å²) in [4.78, 5) is 18.2. The van der Waals surface area contributed by atoms with Gasteiger partial charge >= 0.3 is 0 Å². The van der Waals surface area contributed by atoms with Crippen LogP contribution in [0, 0.1) is 0 Å². The van der Waals surface area contributed by atoms with Gasteiger partial charge in [-0.25, -0.2) is 5.06 Å². The van der Waals surface area contributed by atoms with Crippen molar-refractivity contribution in [1.82, 2.24) is 5.06 Å². The van der Waals surface area contributed by atoms with Gasteiger partial charge in [-0.2, -0.15) is 0 Å². The lowest BCUT2D eigenvalue weighted by molar-refractivity contribution is -0.175. The third-order valence-electron chi connectivity index (χ3n) is 4.92. The molecule has 0 aliphatic carbocycles. The van der Waals surface area contributed by atoms with Gasteiger partial charge in [0.25, 0.3) is 5.91 Å². The summed E-state index contributed by atoms with van der Waals surface area (Å²) >= 11 is 0. The Kier molecular flexibility index (Phi) is 6.41. The number of aromatic hydroxyl groups is 1. The number of hydroxylamine groups is 2. The fourth-order valence-electron chi connectivity index (χ4n) is 3.25. The average molecular weight is 374 g/mol. The zero-order chi connectivity index (χ0) is 20.4. The highest BCUT2D eigenvalue weighted by molar-refractivity contribution is 5.99. The van der Waals surface area contributed by atoms with Gasteiger partial charge in [-0.3, -0.25) is 9.63 Å². The Bertz CT molecular complexity index is 685. The molecule has 4 nitrogen and oxygen atoms in total. The van der Waals surface area contributed by atoms with E-state index in [1.807, 2.05) is 18.2 Å². The van der Waals surface area contributed by atoms with Gasteiger partial charge in [-0.15, -0.1) is 0 Å². The molecule has 1 aliphatic rings. The van der Waals surface area contributed by atoms with Crippen molar-refractivity contribution in [3.63, 3.8) is 0 Å². The molecule has 27 heavy (non-hydrogen) atoms. The van der Waals surface area contributed by atoms with Crippen molar-refractivity contribution in [2.45, 2.75) is 78.6 Å². The molecule has 0 spiro atoms. The minimum absolute atomic E-state index is 0.0474. The summed E-state index contributed by atoms with van der Waals surface area (Å²) in [6, 6.07) is 4.01. The molecule has 4 heteroatoms. The molecule has 1 aromatic rings. The lowest BCUT2D eigenvalue weighted by Gasteiger charge is -2.28. The van der Waals surface area contributed by atoms with E-state index in [0.29, 0.717) is 25.3 Å². The van der Waals surface area contributed by atoms with Crippen LogP contribution in [-0.4, -0.2) is 29.2 Å². The Hall–Kier alpha value is -1.81. The van der Waals surface area contributed by atoms with Crippen LogP contribution in [0.2, 0.25) is 0 Å². The van der Waals surface area contributed by atoms with Crippen LogP contribution >= 0.6 is 0 Å². The number of benzene rings is 1. The number of carbonyl (C=O) groups excluding carboxylic acids is 1. The molecule has 1 heterocycles. The van der Waals surface area contributed by atoms with Crippen molar-refractivity contribution in [1.29, 1.82) is 0 Å². The second kappa shape index (κ2) is 8.05. The number of amides is 1. The van der Waals surface area contributed by atoms with Gasteiger partial charge < -0.3 is 5.11 Å². The van der Waals surface area contributed by atoms with E-state index in [2.05, 4.69) is 48.5 Å². The maximum Gasteiger partial charge on any atom is 0.273 e. The number of unbranched alkanes of at least 4 members (excludes halogenated alkanes) is 1. The van der Waals surface area contributed by atoms with Crippen LogP contribution in [0.4, 0.5) is 0 Å². The summed E-state index contributed by atoms with van der Waals surface area (Å²) in [5.41, 5.74) is 3.16. The van der Waals surface area contributed by atoms with Crippen molar-refractivity contribution < 1.29 is 14.7 Å². The second-order valence-electron chi connectivity index (χ2n) is 9.48. The monoisotopic (exact) mass is 373 g/mol. The third-order valence-corrected chi connectivity index (χ3v) is 4.92. The van der Waals surface area contributed by atoms with E-state index in [1.165, 1.54) is 5.06 Å². The molecule has 1 fully saturated rings. The van der Waals surface area contributed by atoms with E-state index in [9.17, 15) is 9.90 Å². The Morgan fingerprint density at radius 3 is 2.15 bits per heavy atom. The fraction of sp³-hybridized carbons (Fsp3) is 0.609. The van der Waals surface area contributed by atoms with Gasteiger partial charge in [0.05, 0.1) is 13.2 Å². The molecule has 0 atom stereocenters. The molecular weight excluding hydrogens is 338 g/mol. The van der Waals surface area contributed by atoms with Gasteiger partial charge in [0.2, 0.25) is 0 Å². The lowest BCUT2D eigenvalue weighted by atomic mass is 9.78. The lowest BCUT2D eigenvalue weighted by Crippen LogP contribution is -2.25. The molecule has 1 aromatic carbocycles. The van der Waals surface area contributed by atoms with Crippen molar-refractivity contribution in [3.05, 3.63) is 34.4 Å². The zero-order valence-electron chi connectivity index (χ0n) is 18.0. The van der Waals surface area contributed by atoms with Crippen molar-refractivity contribution >= 4 is 12.0 Å². The number of hydrogen-bond acceptors (Lipinski definition) is 3. The maximum absolute atomic E-state index is 12.6. The van der Waals surface area contributed by atoms with Gasteiger partial charge in [-0.05, 0) is 47.4 Å². The Balaban J connectivity index is 2.39. The molecule has 1 saturated heterocycles. The van der Waals surface area contributed by atoms with E-state index >= 15 is 0 Å². The van der Waals surface area contributed by atoms with Crippen LogP contribution in [0.15, 0.2) is 17.7 Å². The number of hydrogen-bond donors (Lipinski definition) is 1. The molecule has 2 rings (SSSR count). The van der Waals surface area contributed by atoms with Crippen LogP contribution in [0.25, 0.3) is 6.08 Å². The summed E-state index contributed by atoms with van der Waals surface area (Å²) in [5, 5.41) is 12.3. The molecule has 0 bridgehead atoms. The highest BCUT2D eigenvalue weighted by Gasteiger charge is 2.29. The first-order valence-corrected chi connectivity index (χ1v) is 9.98. The van der Waals surface area contributed by atoms with E-state index in [-0.39, 0.29) is 16.7 Å². The van der Waals surface area contributed by atoms with Crippen molar-refractivity contribution in [2.24, 2.45) is 0 Å². The van der Waals surface area contributed by atoms with Crippen LogP contribution in [-0.2, 0) is 20.5 Å². The van der Waals surface area contributed by atoms with E-state index in [0.717, 1.165) is 35.1 Å². The largest absolute Gasteiger partial charge is 0.507 e. The third kappa shape index (κ3) is 5.13. The second-order valence-corrected chi connectivity index (χ2v) is 9.48. The molecule has 0 unspecified atom stereocenters. The smallest absolute Gasteiger partial charge is 0.273 e. The molecule has 0 saturated carbocycles. The summed E-state index contributed by atoms with van der Waals surface area (Å²) in [7, 11) is 0. The molecule has 1 N–H and O–H groups in total. The quantitative estimate of drug-likeness (QED) is 0.560. The number of nitrogens with zero attached hydrogens (tertiary/aromatic N) is 1. The highest BCUT2D eigenvalue weighted by atomic mass is 16.7. The van der Waals surface area contributed by atoms with Gasteiger partial charge in [0, 0.05) is 16.7 Å². The molecule has 150 valence electrons. The van der Waals surface area contributed by atoms with Crippen LogP contribution in [0.1, 0.15) is 84.4 Å².